The third-order valence-electron chi connectivity index (χ3n) is 6.04. The number of para-hydroxylation sites is 1. The standard InChI is InChI=1S/C23H23N3O2/c27-22(19-15-23(19)9-12-24-13-10-23)26-16-4-3-5-17(14-16)28-21-8-11-25-20-7-2-1-6-18(20)21/h1-8,11,14,19,24H,9-10,12-13,15H2,(H,26,27). The first-order valence-corrected chi connectivity index (χ1v) is 9.87. The van der Waals surface area contributed by atoms with Gasteiger partial charge in [0.2, 0.25) is 5.91 Å². The zero-order valence-electron chi connectivity index (χ0n) is 15.7. The normalized spacial score (nSPS) is 20.1. The zero-order chi connectivity index (χ0) is 19.0. The largest absolute Gasteiger partial charge is 0.457 e. The van der Waals surface area contributed by atoms with Gasteiger partial charge < -0.3 is 15.4 Å². The van der Waals surface area contributed by atoms with Crippen molar-refractivity contribution in [1.29, 1.82) is 0 Å². The van der Waals surface area contributed by atoms with E-state index < -0.39 is 0 Å². The molecule has 1 atom stereocenters. The average Bonchev–Trinajstić information content (AvgIpc) is 3.42. The lowest BCUT2D eigenvalue weighted by Crippen LogP contribution is -2.31. The van der Waals surface area contributed by atoms with Gasteiger partial charge in [0.15, 0.2) is 0 Å². The van der Waals surface area contributed by atoms with E-state index in [2.05, 4.69) is 15.6 Å². The lowest BCUT2D eigenvalue weighted by Gasteiger charge is -2.23. The highest BCUT2D eigenvalue weighted by atomic mass is 16.5. The molecule has 2 N–H and O–H groups in total. The molecule has 1 aliphatic carbocycles. The Labute approximate surface area is 164 Å². The predicted molar refractivity (Wildman–Crippen MR) is 110 cm³/mol. The molecule has 28 heavy (non-hydrogen) atoms. The summed E-state index contributed by atoms with van der Waals surface area (Å²) >= 11 is 0. The van der Waals surface area contributed by atoms with Crippen LogP contribution in [0.4, 0.5) is 5.69 Å². The number of hydrogen-bond donors (Lipinski definition) is 2. The van der Waals surface area contributed by atoms with Crippen LogP contribution in [0.15, 0.2) is 60.8 Å². The number of carbonyl (C=O) groups is 1. The Hall–Kier alpha value is -2.92. The first-order chi connectivity index (χ1) is 13.7. The van der Waals surface area contributed by atoms with Crippen molar-refractivity contribution in [2.24, 2.45) is 11.3 Å². The van der Waals surface area contributed by atoms with Crippen molar-refractivity contribution < 1.29 is 9.53 Å². The lowest BCUT2D eigenvalue weighted by molar-refractivity contribution is -0.118. The number of ether oxygens (including phenoxy) is 1. The number of anilines is 1. The predicted octanol–water partition coefficient (Wildman–Crippen LogP) is 4.36. The van der Waals surface area contributed by atoms with Crippen LogP contribution in [0, 0.1) is 11.3 Å². The van der Waals surface area contributed by atoms with Gasteiger partial charge in [-0.1, -0.05) is 18.2 Å². The number of pyridine rings is 1. The second-order valence-electron chi connectivity index (χ2n) is 7.81. The fourth-order valence-corrected chi connectivity index (χ4v) is 4.35. The van der Waals surface area contributed by atoms with Gasteiger partial charge >= 0.3 is 0 Å². The Morgan fingerprint density at radius 2 is 1.96 bits per heavy atom. The van der Waals surface area contributed by atoms with Gasteiger partial charge in [-0.15, -0.1) is 0 Å². The van der Waals surface area contributed by atoms with E-state index in [4.69, 9.17) is 4.74 Å². The molecule has 3 aromatic rings. The van der Waals surface area contributed by atoms with E-state index in [0.29, 0.717) is 5.75 Å². The number of aromatic nitrogens is 1. The highest BCUT2D eigenvalue weighted by molar-refractivity contribution is 5.95. The number of carbonyl (C=O) groups excluding carboxylic acids is 1. The minimum absolute atomic E-state index is 0.133. The Morgan fingerprint density at radius 1 is 1.11 bits per heavy atom. The van der Waals surface area contributed by atoms with Crippen LogP contribution in [0.1, 0.15) is 19.3 Å². The van der Waals surface area contributed by atoms with Crippen molar-refractivity contribution in [3.05, 3.63) is 60.8 Å². The van der Waals surface area contributed by atoms with Gasteiger partial charge in [-0.2, -0.15) is 0 Å². The number of nitrogens with zero attached hydrogens (tertiary/aromatic N) is 1. The van der Waals surface area contributed by atoms with Crippen molar-refractivity contribution in [2.45, 2.75) is 19.3 Å². The van der Waals surface area contributed by atoms with Crippen LogP contribution >= 0.6 is 0 Å². The molecule has 142 valence electrons. The highest BCUT2D eigenvalue weighted by Gasteiger charge is 2.57. The fourth-order valence-electron chi connectivity index (χ4n) is 4.35. The Morgan fingerprint density at radius 3 is 2.86 bits per heavy atom. The number of rotatable bonds is 4. The third-order valence-corrected chi connectivity index (χ3v) is 6.04. The molecule has 5 rings (SSSR count). The molecule has 2 aliphatic rings. The number of amides is 1. The molecule has 1 saturated heterocycles. The van der Waals surface area contributed by atoms with Crippen molar-refractivity contribution in [2.75, 3.05) is 18.4 Å². The van der Waals surface area contributed by atoms with Crippen molar-refractivity contribution in [3.8, 4) is 11.5 Å². The lowest BCUT2D eigenvalue weighted by atomic mass is 9.92. The van der Waals surface area contributed by atoms with Gasteiger partial charge in [-0.05, 0) is 68.1 Å². The van der Waals surface area contributed by atoms with Gasteiger partial charge in [0.1, 0.15) is 11.5 Å². The molecule has 1 aromatic heterocycles. The van der Waals surface area contributed by atoms with Crippen LogP contribution in [-0.2, 0) is 4.79 Å². The number of piperidine rings is 1. The first-order valence-electron chi connectivity index (χ1n) is 9.87. The van der Waals surface area contributed by atoms with E-state index in [-0.39, 0.29) is 17.2 Å². The van der Waals surface area contributed by atoms with E-state index in [0.717, 1.165) is 54.7 Å². The minimum atomic E-state index is 0.133. The average molecular weight is 373 g/mol. The number of benzene rings is 2. The van der Waals surface area contributed by atoms with Gasteiger partial charge in [-0.25, -0.2) is 0 Å². The summed E-state index contributed by atoms with van der Waals surface area (Å²) in [6, 6.07) is 17.3. The zero-order valence-corrected chi connectivity index (χ0v) is 15.7. The van der Waals surface area contributed by atoms with Crippen molar-refractivity contribution >= 4 is 22.5 Å². The van der Waals surface area contributed by atoms with Gasteiger partial charge in [0, 0.05) is 29.3 Å². The van der Waals surface area contributed by atoms with Gasteiger partial charge in [0.05, 0.1) is 5.52 Å². The quantitative estimate of drug-likeness (QED) is 0.713. The molecule has 0 bridgehead atoms. The number of hydrogen-bond acceptors (Lipinski definition) is 4. The second kappa shape index (κ2) is 6.91. The smallest absolute Gasteiger partial charge is 0.228 e. The molecule has 2 aromatic carbocycles. The topological polar surface area (TPSA) is 63.2 Å². The van der Waals surface area contributed by atoms with E-state index >= 15 is 0 Å². The molecule has 1 unspecified atom stereocenters. The van der Waals surface area contributed by atoms with Crippen LogP contribution in [0.2, 0.25) is 0 Å². The first kappa shape index (κ1) is 17.2. The molecule has 1 amide bonds. The number of nitrogens with one attached hydrogen (secondary N) is 2. The maximum atomic E-state index is 12.7. The van der Waals surface area contributed by atoms with Crippen LogP contribution in [0.3, 0.4) is 0 Å². The van der Waals surface area contributed by atoms with Crippen LogP contribution < -0.4 is 15.4 Å². The summed E-state index contributed by atoms with van der Waals surface area (Å²) in [5.41, 5.74) is 1.90. The van der Waals surface area contributed by atoms with Crippen LogP contribution in [-0.4, -0.2) is 24.0 Å². The van der Waals surface area contributed by atoms with Crippen LogP contribution in [0.25, 0.3) is 10.9 Å². The van der Waals surface area contributed by atoms with E-state index in [1.807, 2.05) is 54.6 Å². The monoisotopic (exact) mass is 373 g/mol. The minimum Gasteiger partial charge on any atom is -0.457 e. The summed E-state index contributed by atoms with van der Waals surface area (Å²) in [5.74, 6) is 1.73. The maximum absolute atomic E-state index is 12.7. The molecule has 1 saturated carbocycles. The van der Waals surface area contributed by atoms with E-state index in [9.17, 15) is 4.79 Å². The third kappa shape index (κ3) is 3.22. The summed E-state index contributed by atoms with van der Waals surface area (Å²) < 4.78 is 6.10. The summed E-state index contributed by atoms with van der Waals surface area (Å²) in [7, 11) is 0. The molecule has 1 spiro atoms. The van der Waals surface area contributed by atoms with Crippen molar-refractivity contribution in [1.82, 2.24) is 10.3 Å². The molecule has 2 heterocycles. The number of fused-ring (bicyclic) bond motifs is 1. The Kier molecular flexibility index (Phi) is 4.24. The molecular weight excluding hydrogens is 350 g/mol. The summed E-state index contributed by atoms with van der Waals surface area (Å²) in [4.78, 5) is 17.1. The van der Waals surface area contributed by atoms with Gasteiger partial charge in [0.25, 0.3) is 0 Å². The van der Waals surface area contributed by atoms with Gasteiger partial charge in [-0.3, -0.25) is 9.78 Å². The summed E-state index contributed by atoms with van der Waals surface area (Å²) in [6.07, 6.45) is 4.96. The Balaban J connectivity index is 1.31. The molecule has 1 aliphatic heterocycles. The van der Waals surface area contributed by atoms with Crippen molar-refractivity contribution in [3.63, 3.8) is 0 Å². The molecule has 5 nitrogen and oxygen atoms in total. The SMILES string of the molecule is O=C(Nc1cccc(Oc2ccnc3ccccc23)c1)C1CC12CCNCC2. The summed E-state index contributed by atoms with van der Waals surface area (Å²) in [5, 5.41) is 7.43. The molecule has 5 heteroatoms. The summed E-state index contributed by atoms with van der Waals surface area (Å²) in [6.45, 7) is 2.04. The van der Waals surface area contributed by atoms with E-state index in [1.165, 1.54) is 0 Å². The highest BCUT2D eigenvalue weighted by Crippen LogP contribution is 2.58. The molecule has 0 radical (unpaired) electrons. The van der Waals surface area contributed by atoms with Crippen LogP contribution in [0.5, 0.6) is 11.5 Å². The second-order valence-corrected chi connectivity index (χ2v) is 7.81. The molecule has 2 fully saturated rings. The fraction of sp³-hybridized carbons (Fsp3) is 0.304. The van der Waals surface area contributed by atoms with E-state index in [1.54, 1.807) is 6.20 Å². The maximum Gasteiger partial charge on any atom is 0.228 e. The molecular formula is C23H23N3O2. The Bertz CT molecular complexity index is 1020.